The number of aromatic nitrogens is 2. The zero-order valence-electron chi connectivity index (χ0n) is 17.3. The van der Waals surface area contributed by atoms with Crippen molar-refractivity contribution in [3.63, 3.8) is 0 Å². The summed E-state index contributed by atoms with van der Waals surface area (Å²) < 4.78 is 12.8. The van der Waals surface area contributed by atoms with Crippen molar-refractivity contribution in [3.8, 4) is 11.5 Å². The van der Waals surface area contributed by atoms with Crippen molar-refractivity contribution in [1.29, 1.82) is 0 Å². The fraction of sp³-hybridized carbons (Fsp3) is 0.391. The maximum absolute atomic E-state index is 13.1. The van der Waals surface area contributed by atoms with Crippen LogP contribution in [0.5, 0.6) is 11.5 Å². The van der Waals surface area contributed by atoms with E-state index in [9.17, 15) is 9.90 Å². The molecule has 1 fully saturated rings. The van der Waals surface area contributed by atoms with Crippen LogP contribution in [-0.2, 0) is 6.54 Å². The molecule has 0 saturated heterocycles. The first kappa shape index (κ1) is 20.2. The van der Waals surface area contributed by atoms with Gasteiger partial charge in [-0.15, -0.1) is 0 Å². The number of pyridine rings is 1. The number of carbonyl (C=O) groups is 1. The molecule has 1 aromatic carbocycles. The Balaban J connectivity index is 1.68. The number of benzene rings is 1. The van der Waals surface area contributed by atoms with Gasteiger partial charge in [-0.1, -0.05) is 25.0 Å². The molecule has 7 nitrogen and oxygen atoms in total. The summed E-state index contributed by atoms with van der Waals surface area (Å²) in [6, 6.07) is 9.37. The van der Waals surface area contributed by atoms with Gasteiger partial charge < -0.3 is 24.5 Å². The number of hydrogen-bond acceptors (Lipinski definition) is 5. The van der Waals surface area contributed by atoms with E-state index in [-0.39, 0.29) is 11.9 Å². The SMILES string of the molecule is COc1ccc(Cn2cc(C(=O)N[C@H]3CCCC[C@@H]3O)c3nccc(OC)c32)cc1. The van der Waals surface area contributed by atoms with E-state index in [1.807, 2.05) is 35.0 Å². The lowest BCUT2D eigenvalue weighted by molar-refractivity contribution is 0.0718. The molecule has 0 aliphatic heterocycles. The number of aliphatic hydroxyl groups is 1. The minimum atomic E-state index is -0.502. The zero-order valence-corrected chi connectivity index (χ0v) is 17.3. The van der Waals surface area contributed by atoms with Gasteiger partial charge in [-0.25, -0.2) is 0 Å². The predicted octanol–water partition coefficient (Wildman–Crippen LogP) is 3.14. The molecule has 0 unspecified atom stereocenters. The second kappa shape index (κ2) is 8.75. The number of nitrogens with one attached hydrogen (secondary N) is 1. The second-order valence-corrected chi connectivity index (χ2v) is 7.66. The van der Waals surface area contributed by atoms with Gasteiger partial charge in [-0.2, -0.15) is 0 Å². The minimum Gasteiger partial charge on any atom is -0.497 e. The Morgan fingerprint density at radius 1 is 1.17 bits per heavy atom. The van der Waals surface area contributed by atoms with Gasteiger partial charge in [-0.3, -0.25) is 9.78 Å². The van der Waals surface area contributed by atoms with Crippen LogP contribution in [-0.4, -0.2) is 46.9 Å². The molecular weight excluding hydrogens is 382 g/mol. The number of amides is 1. The Morgan fingerprint density at radius 2 is 1.93 bits per heavy atom. The standard InChI is InChI=1S/C23H27N3O4/c1-29-16-9-7-15(8-10-16)13-26-14-17(21-22(26)20(30-2)11-12-24-21)23(28)25-18-5-3-4-6-19(18)27/h7-12,14,18-19,27H,3-6,13H2,1-2H3,(H,25,28)/t18-,19-/m0/s1. The predicted molar refractivity (Wildman–Crippen MR) is 114 cm³/mol. The lowest BCUT2D eigenvalue weighted by atomic mass is 9.92. The molecule has 3 aromatic rings. The number of rotatable bonds is 6. The van der Waals surface area contributed by atoms with Gasteiger partial charge in [-0.05, 0) is 30.5 Å². The van der Waals surface area contributed by atoms with E-state index >= 15 is 0 Å². The molecule has 1 aliphatic rings. The number of carbonyl (C=O) groups excluding carboxylic acids is 1. The van der Waals surface area contributed by atoms with Crippen LogP contribution in [0.3, 0.4) is 0 Å². The molecule has 4 rings (SSSR count). The van der Waals surface area contributed by atoms with Crippen LogP contribution in [0, 0.1) is 0 Å². The fourth-order valence-corrected chi connectivity index (χ4v) is 4.10. The van der Waals surface area contributed by atoms with Gasteiger partial charge in [0, 0.05) is 25.0 Å². The van der Waals surface area contributed by atoms with Crippen molar-refractivity contribution in [1.82, 2.24) is 14.9 Å². The number of fused-ring (bicyclic) bond motifs is 1. The van der Waals surface area contributed by atoms with E-state index in [4.69, 9.17) is 9.47 Å². The fourth-order valence-electron chi connectivity index (χ4n) is 4.10. The number of hydrogen-bond donors (Lipinski definition) is 2. The van der Waals surface area contributed by atoms with Crippen LogP contribution in [0.2, 0.25) is 0 Å². The van der Waals surface area contributed by atoms with Crippen molar-refractivity contribution >= 4 is 16.9 Å². The second-order valence-electron chi connectivity index (χ2n) is 7.66. The summed E-state index contributed by atoms with van der Waals surface area (Å²) in [7, 11) is 3.25. The zero-order chi connectivity index (χ0) is 21.1. The number of aliphatic hydroxyl groups excluding tert-OH is 1. The Labute approximate surface area is 175 Å². The first-order chi connectivity index (χ1) is 14.6. The van der Waals surface area contributed by atoms with Crippen LogP contribution < -0.4 is 14.8 Å². The molecule has 0 bridgehead atoms. The average molecular weight is 409 g/mol. The van der Waals surface area contributed by atoms with Crippen molar-refractivity contribution < 1.29 is 19.4 Å². The minimum absolute atomic E-state index is 0.222. The van der Waals surface area contributed by atoms with Crippen LogP contribution in [0.25, 0.3) is 11.0 Å². The highest BCUT2D eigenvalue weighted by Gasteiger charge is 2.27. The summed E-state index contributed by atoms with van der Waals surface area (Å²) in [6.45, 7) is 0.557. The van der Waals surface area contributed by atoms with Crippen LogP contribution in [0.15, 0.2) is 42.7 Å². The largest absolute Gasteiger partial charge is 0.497 e. The Morgan fingerprint density at radius 3 is 2.63 bits per heavy atom. The number of ether oxygens (including phenoxy) is 2. The van der Waals surface area contributed by atoms with Gasteiger partial charge >= 0.3 is 0 Å². The van der Waals surface area contributed by atoms with Crippen LogP contribution in [0.4, 0.5) is 0 Å². The van der Waals surface area contributed by atoms with Gasteiger partial charge in [0.1, 0.15) is 22.5 Å². The monoisotopic (exact) mass is 409 g/mol. The average Bonchev–Trinajstić information content (AvgIpc) is 3.14. The van der Waals surface area contributed by atoms with Gasteiger partial charge in [0.05, 0.1) is 31.9 Å². The summed E-state index contributed by atoms with van der Waals surface area (Å²) in [6.07, 6.45) is 6.46. The molecule has 0 spiro atoms. The third-order valence-corrected chi connectivity index (χ3v) is 5.74. The highest BCUT2D eigenvalue weighted by atomic mass is 16.5. The smallest absolute Gasteiger partial charge is 0.255 e. The first-order valence-electron chi connectivity index (χ1n) is 10.2. The number of nitrogens with zero attached hydrogens (tertiary/aromatic N) is 2. The Bertz CT molecular complexity index is 1030. The molecule has 158 valence electrons. The van der Waals surface area contributed by atoms with Crippen LogP contribution >= 0.6 is 0 Å². The Hall–Kier alpha value is -3.06. The molecule has 0 radical (unpaired) electrons. The highest BCUT2D eigenvalue weighted by molar-refractivity contribution is 6.06. The van der Waals surface area contributed by atoms with Crippen LogP contribution in [0.1, 0.15) is 41.6 Å². The summed E-state index contributed by atoms with van der Waals surface area (Å²) in [5.74, 6) is 1.23. The van der Waals surface area contributed by atoms with E-state index < -0.39 is 6.10 Å². The lowest BCUT2D eigenvalue weighted by Crippen LogP contribution is -2.45. The molecule has 1 amide bonds. The normalized spacial score (nSPS) is 18.9. The van der Waals surface area contributed by atoms with Gasteiger partial charge in [0.15, 0.2) is 0 Å². The molecule has 2 atom stereocenters. The van der Waals surface area contributed by atoms with Crippen molar-refractivity contribution in [2.75, 3.05) is 14.2 Å². The van der Waals surface area contributed by atoms with E-state index in [1.54, 1.807) is 26.5 Å². The summed E-state index contributed by atoms with van der Waals surface area (Å²) >= 11 is 0. The summed E-state index contributed by atoms with van der Waals surface area (Å²) in [5.41, 5.74) is 2.90. The van der Waals surface area contributed by atoms with Crippen molar-refractivity contribution in [3.05, 3.63) is 53.9 Å². The quantitative estimate of drug-likeness (QED) is 0.653. The number of methoxy groups -OCH3 is 2. The van der Waals surface area contributed by atoms with E-state index in [2.05, 4.69) is 10.3 Å². The molecule has 2 heterocycles. The third kappa shape index (κ3) is 3.98. The molecule has 1 aliphatic carbocycles. The first-order valence-corrected chi connectivity index (χ1v) is 10.2. The van der Waals surface area contributed by atoms with Crippen molar-refractivity contribution in [2.45, 2.75) is 44.4 Å². The Kier molecular flexibility index (Phi) is 5.90. The molecule has 2 N–H and O–H groups in total. The topological polar surface area (TPSA) is 85.6 Å². The molecule has 1 saturated carbocycles. The maximum atomic E-state index is 13.1. The molecular formula is C23H27N3O4. The molecule has 7 heteroatoms. The summed E-state index contributed by atoms with van der Waals surface area (Å²) in [5, 5.41) is 13.2. The molecule has 2 aromatic heterocycles. The van der Waals surface area contributed by atoms with Gasteiger partial charge in [0.25, 0.3) is 5.91 Å². The summed E-state index contributed by atoms with van der Waals surface area (Å²) in [4.78, 5) is 17.6. The van der Waals surface area contributed by atoms with E-state index in [1.165, 1.54) is 0 Å². The lowest BCUT2D eigenvalue weighted by Gasteiger charge is -2.28. The highest BCUT2D eigenvalue weighted by Crippen LogP contribution is 2.29. The maximum Gasteiger partial charge on any atom is 0.255 e. The van der Waals surface area contributed by atoms with E-state index in [0.717, 1.165) is 42.5 Å². The van der Waals surface area contributed by atoms with E-state index in [0.29, 0.717) is 23.4 Å². The molecule has 30 heavy (non-hydrogen) atoms. The van der Waals surface area contributed by atoms with Gasteiger partial charge in [0.2, 0.25) is 0 Å². The third-order valence-electron chi connectivity index (χ3n) is 5.74. The van der Waals surface area contributed by atoms with Crippen molar-refractivity contribution in [2.24, 2.45) is 0 Å².